The van der Waals surface area contributed by atoms with E-state index in [4.69, 9.17) is 14.2 Å². The number of aryl methyl sites for hydroxylation is 1. The summed E-state index contributed by atoms with van der Waals surface area (Å²) in [7, 11) is 1.56. The zero-order valence-electron chi connectivity index (χ0n) is 9.78. The van der Waals surface area contributed by atoms with Gasteiger partial charge >= 0.3 is 5.97 Å². The van der Waals surface area contributed by atoms with Gasteiger partial charge in [-0.2, -0.15) is 0 Å². The van der Waals surface area contributed by atoms with Gasteiger partial charge in [0.1, 0.15) is 5.75 Å². The molecule has 0 fully saturated rings. The fraction of sp³-hybridized carbons (Fsp3) is 0.417. The molecule has 0 bridgehead atoms. The molecule has 1 rings (SSSR count). The summed E-state index contributed by atoms with van der Waals surface area (Å²) in [6.45, 7) is 4.19. The van der Waals surface area contributed by atoms with Crippen LogP contribution in [0.4, 0.5) is 0 Å². The molecule has 88 valence electrons. The molecule has 4 heteroatoms. The third-order valence-corrected chi connectivity index (χ3v) is 2.04. The first-order valence-electron chi connectivity index (χ1n) is 5.08. The number of methoxy groups -OCH3 is 1. The van der Waals surface area contributed by atoms with Crippen molar-refractivity contribution in [3.05, 3.63) is 29.3 Å². The molecule has 0 heterocycles. The van der Waals surface area contributed by atoms with Crippen LogP contribution >= 0.6 is 0 Å². The van der Waals surface area contributed by atoms with Gasteiger partial charge in [-0.25, -0.2) is 4.79 Å². The van der Waals surface area contributed by atoms with E-state index in [9.17, 15) is 4.79 Å². The van der Waals surface area contributed by atoms with Crippen molar-refractivity contribution in [3.8, 4) is 5.75 Å². The SMILES string of the molecule is CCOC(=O)c1ccc(OCOC)cc1C. The molecule has 0 saturated heterocycles. The molecular formula is C12H16O4. The third-order valence-electron chi connectivity index (χ3n) is 2.04. The summed E-state index contributed by atoms with van der Waals surface area (Å²) in [5.41, 5.74) is 1.39. The van der Waals surface area contributed by atoms with E-state index in [0.29, 0.717) is 17.9 Å². The molecule has 0 aliphatic carbocycles. The van der Waals surface area contributed by atoms with E-state index in [1.54, 1.807) is 32.2 Å². The van der Waals surface area contributed by atoms with E-state index in [1.807, 2.05) is 6.92 Å². The summed E-state index contributed by atoms with van der Waals surface area (Å²) < 4.78 is 15.0. The Hall–Kier alpha value is -1.55. The number of hydrogen-bond donors (Lipinski definition) is 0. The first kappa shape index (κ1) is 12.5. The molecule has 0 spiro atoms. The van der Waals surface area contributed by atoms with Crippen LogP contribution in [0.15, 0.2) is 18.2 Å². The van der Waals surface area contributed by atoms with Crippen molar-refractivity contribution in [2.45, 2.75) is 13.8 Å². The highest BCUT2D eigenvalue weighted by molar-refractivity contribution is 5.91. The average Bonchev–Trinajstić information content (AvgIpc) is 2.26. The Bertz CT molecular complexity index is 360. The van der Waals surface area contributed by atoms with E-state index >= 15 is 0 Å². The largest absolute Gasteiger partial charge is 0.468 e. The second kappa shape index (κ2) is 6.12. The Labute approximate surface area is 95.1 Å². The molecule has 4 nitrogen and oxygen atoms in total. The van der Waals surface area contributed by atoms with Gasteiger partial charge in [0.15, 0.2) is 6.79 Å². The molecule has 0 aliphatic rings. The van der Waals surface area contributed by atoms with Gasteiger partial charge in [-0.1, -0.05) is 0 Å². The molecule has 0 saturated carbocycles. The smallest absolute Gasteiger partial charge is 0.338 e. The molecule has 16 heavy (non-hydrogen) atoms. The van der Waals surface area contributed by atoms with Gasteiger partial charge < -0.3 is 14.2 Å². The molecule has 0 unspecified atom stereocenters. The molecule has 0 aliphatic heterocycles. The van der Waals surface area contributed by atoms with Gasteiger partial charge in [0.25, 0.3) is 0 Å². The lowest BCUT2D eigenvalue weighted by molar-refractivity contribution is 0.0507. The minimum Gasteiger partial charge on any atom is -0.468 e. The van der Waals surface area contributed by atoms with Crippen molar-refractivity contribution < 1.29 is 19.0 Å². The van der Waals surface area contributed by atoms with Gasteiger partial charge in [0.2, 0.25) is 0 Å². The van der Waals surface area contributed by atoms with Gasteiger partial charge in [0.05, 0.1) is 12.2 Å². The molecule has 1 aromatic rings. The molecule has 0 amide bonds. The zero-order chi connectivity index (χ0) is 12.0. The predicted molar refractivity (Wildman–Crippen MR) is 59.6 cm³/mol. The van der Waals surface area contributed by atoms with E-state index in [0.717, 1.165) is 5.56 Å². The maximum Gasteiger partial charge on any atom is 0.338 e. The number of ether oxygens (including phenoxy) is 3. The Morgan fingerprint density at radius 2 is 2.12 bits per heavy atom. The van der Waals surface area contributed by atoms with Gasteiger partial charge in [-0.3, -0.25) is 0 Å². The molecule has 0 radical (unpaired) electrons. The van der Waals surface area contributed by atoms with Crippen LogP contribution in [0.25, 0.3) is 0 Å². The zero-order valence-corrected chi connectivity index (χ0v) is 9.78. The van der Waals surface area contributed by atoms with E-state index < -0.39 is 0 Å². The van der Waals surface area contributed by atoms with Crippen LogP contribution in [0.3, 0.4) is 0 Å². The van der Waals surface area contributed by atoms with Crippen LogP contribution in [-0.2, 0) is 9.47 Å². The minimum absolute atomic E-state index is 0.193. The van der Waals surface area contributed by atoms with Gasteiger partial charge in [-0.05, 0) is 37.6 Å². The lowest BCUT2D eigenvalue weighted by Crippen LogP contribution is -2.07. The highest BCUT2D eigenvalue weighted by Crippen LogP contribution is 2.18. The lowest BCUT2D eigenvalue weighted by Gasteiger charge is -2.08. The van der Waals surface area contributed by atoms with Crippen LogP contribution < -0.4 is 4.74 Å². The van der Waals surface area contributed by atoms with E-state index in [-0.39, 0.29) is 12.8 Å². The van der Waals surface area contributed by atoms with Crippen molar-refractivity contribution in [2.75, 3.05) is 20.5 Å². The average molecular weight is 224 g/mol. The molecule has 1 aromatic carbocycles. The summed E-state index contributed by atoms with van der Waals surface area (Å²) in [6.07, 6.45) is 0. The van der Waals surface area contributed by atoms with Crippen LogP contribution in [-0.4, -0.2) is 26.5 Å². The van der Waals surface area contributed by atoms with E-state index in [1.165, 1.54) is 0 Å². The van der Waals surface area contributed by atoms with Gasteiger partial charge in [-0.15, -0.1) is 0 Å². The second-order valence-corrected chi connectivity index (χ2v) is 3.25. The van der Waals surface area contributed by atoms with Crippen molar-refractivity contribution in [1.29, 1.82) is 0 Å². The quantitative estimate of drug-likeness (QED) is 0.568. The fourth-order valence-corrected chi connectivity index (χ4v) is 1.29. The fourth-order valence-electron chi connectivity index (χ4n) is 1.29. The summed E-state index contributed by atoms with van der Waals surface area (Å²) in [5.74, 6) is 0.366. The summed E-state index contributed by atoms with van der Waals surface area (Å²) in [6, 6.07) is 5.20. The van der Waals surface area contributed by atoms with Crippen LogP contribution in [0.2, 0.25) is 0 Å². The normalized spacial score (nSPS) is 9.94. The second-order valence-electron chi connectivity index (χ2n) is 3.25. The Kier molecular flexibility index (Phi) is 4.79. The number of esters is 1. The monoisotopic (exact) mass is 224 g/mol. The summed E-state index contributed by atoms with van der Waals surface area (Å²) in [4.78, 5) is 11.5. The molecular weight excluding hydrogens is 208 g/mol. The number of carbonyl (C=O) groups is 1. The Morgan fingerprint density at radius 1 is 1.38 bits per heavy atom. The van der Waals surface area contributed by atoms with Crippen LogP contribution in [0, 0.1) is 6.92 Å². The third kappa shape index (κ3) is 3.24. The minimum atomic E-state index is -0.307. The highest BCUT2D eigenvalue weighted by Gasteiger charge is 2.10. The number of rotatable bonds is 5. The maximum atomic E-state index is 11.5. The standard InChI is InChI=1S/C12H16O4/c1-4-15-12(13)11-6-5-10(7-9(11)2)16-8-14-3/h5-7H,4,8H2,1-3H3. The summed E-state index contributed by atoms with van der Waals surface area (Å²) in [5, 5.41) is 0. The number of carbonyl (C=O) groups excluding carboxylic acids is 1. The summed E-state index contributed by atoms with van der Waals surface area (Å²) >= 11 is 0. The van der Waals surface area contributed by atoms with Crippen molar-refractivity contribution >= 4 is 5.97 Å². The van der Waals surface area contributed by atoms with Crippen molar-refractivity contribution in [1.82, 2.24) is 0 Å². The highest BCUT2D eigenvalue weighted by atomic mass is 16.7. The molecule has 0 aromatic heterocycles. The Balaban J connectivity index is 2.78. The van der Waals surface area contributed by atoms with Gasteiger partial charge in [0, 0.05) is 7.11 Å². The van der Waals surface area contributed by atoms with E-state index in [2.05, 4.69) is 0 Å². The maximum absolute atomic E-state index is 11.5. The molecule has 0 N–H and O–H groups in total. The lowest BCUT2D eigenvalue weighted by atomic mass is 10.1. The molecule has 0 atom stereocenters. The van der Waals surface area contributed by atoms with Crippen molar-refractivity contribution in [2.24, 2.45) is 0 Å². The Morgan fingerprint density at radius 3 is 2.69 bits per heavy atom. The number of hydrogen-bond acceptors (Lipinski definition) is 4. The first-order chi connectivity index (χ1) is 7.69. The van der Waals surface area contributed by atoms with Crippen LogP contribution in [0.1, 0.15) is 22.8 Å². The predicted octanol–water partition coefficient (Wildman–Crippen LogP) is 2.15. The topological polar surface area (TPSA) is 44.8 Å². The first-order valence-corrected chi connectivity index (χ1v) is 5.08. The van der Waals surface area contributed by atoms with Crippen LogP contribution in [0.5, 0.6) is 5.75 Å². The van der Waals surface area contributed by atoms with Crippen molar-refractivity contribution in [3.63, 3.8) is 0 Å². The number of benzene rings is 1.